The van der Waals surface area contributed by atoms with Crippen molar-refractivity contribution in [3.8, 4) is 0 Å². The largest absolute Gasteiger partial charge is 0.285 e. The summed E-state index contributed by atoms with van der Waals surface area (Å²) in [5, 5.41) is 9.62. The molecular formula is C11H7BrClFN4O. The average Bonchev–Trinajstić information content (AvgIpc) is 2.39. The Kier molecular flexibility index (Phi) is 4.28. The molecule has 0 saturated carbocycles. The van der Waals surface area contributed by atoms with Crippen LogP contribution >= 0.6 is 27.5 Å². The standard InChI is InChI=1S/C11H7BrClFN4O/c12-7-3-6(1-2-8(7)14)4-15-17-9-5-16-18-11(19)10(9)13/h1-5H,(H2,17,18,19)/b15-4-. The third-order valence-electron chi connectivity index (χ3n) is 2.14. The number of anilines is 1. The summed E-state index contributed by atoms with van der Waals surface area (Å²) in [6.07, 6.45) is 2.80. The van der Waals surface area contributed by atoms with Gasteiger partial charge in [0.05, 0.1) is 16.9 Å². The van der Waals surface area contributed by atoms with Crippen LogP contribution in [0.15, 0.2) is 38.8 Å². The first-order chi connectivity index (χ1) is 9.08. The van der Waals surface area contributed by atoms with E-state index in [-0.39, 0.29) is 16.5 Å². The van der Waals surface area contributed by atoms with Gasteiger partial charge in [0.25, 0.3) is 5.56 Å². The average molecular weight is 346 g/mol. The summed E-state index contributed by atoms with van der Waals surface area (Å²) < 4.78 is 13.4. The molecule has 0 fully saturated rings. The van der Waals surface area contributed by atoms with Crippen molar-refractivity contribution in [3.63, 3.8) is 0 Å². The summed E-state index contributed by atoms with van der Waals surface area (Å²) in [5.41, 5.74) is 3.03. The first kappa shape index (κ1) is 13.7. The predicted molar refractivity (Wildman–Crippen MR) is 75.2 cm³/mol. The van der Waals surface area contributed by atoms with Gasteiger partial charge in [0, 0.05) is 0 Å². The Morgan fingerprint density at radius 1 is 1.53 bits per heavy atom. The minimum absolute atomic E-state index is 0.0348. The molecule has 1 aromatic carbocycles. The quantitative estimate of drug-likeness (QED) is 0.664. The highest BCUT2D eigenvalue weighted by Crippen LogP contribution is 2.16. The van der Waals surface area contributed by atoms with Gasteiger partial charge >= 0.3 is 0 Å². The molecule has 1 aromatic heterocycles. The molecule has 0 saturated heterocycles. The first-order valence-electron chi connectivity index (χ1n) is 5.05. The highest BCUT2D eigenvalue weighted by molar-refractivity contribution is 9.10. The number of aromatic amines is 1. The van der Waals surface area contributed by atoms with Crippen LogP contribution in [0.2, 0.25) is 5.02 Å². The van der Waals surface area contributed by atoms with Crippen molar-refractivity contribution in [2.45, 2.75) is 0 Å². The lowest BCUT2D eigenvalue weighted by Gasteiger charge is -2.01. The molecule has 1 heterocycles. The minimum Gasteiger partial charge on any atom is -0.275 e. The number of nitrogens with zero attached hydrogens (tertiary/aromatic N) is 2. The molecule has 0 amide bonds. The number of hydrogen-bond acceptors (Lipinski definition) is 4. The van der Waals surface area contributed by atoms with Crippen LogP contribution in [0.4, 0.5) is 10.1 Å². The number of hydrogen-bond donors (Lipinski definition) is 2. The van der Waals surface area contributed by atoms with Crippen molar-refractivity contribution in [3.05, 3.63) is 55.6 Å². The van der Waals surface area contributed by atoms with E-state index in [1.807, 2.05) is 0 Å². The van der Waals surface area contributed by atoms with Gasteiger partial charge in [0.15, 0.2) is 0 Å². The second kappa shape index (κ2) is 5.94. The number of nitrogens with one attached hydrogen (secondary N) is 2. The van der Waals surface area contributed by atoms with E-state index in [0.717, 1.165) is 0 Å². The summed E-state index contributed by atoms with van der Waals surface area (Å²) in [5.74, 6) is -0.355. The Balaban J connectivity index is 2.13. The molecule has 2 rings (SSSR count). The van der Waals surface area contributed by atoms with E-state index in [2.05, 4.69) is 36.7 Å². The fourth-order valence-corrected chi connectivity index (χ4v) is 1.76. The van der Waals surface area contributed by atoms with Crippen molar-refractivity contribution in [2.75, 3.05) is 5.43 Å². The number of halogens is 3. The van der Waals surface area contributed by atoms with Gasteiger partial charge in [-0.1, -0.05) is 17.7 Å². The van der Waals surface area contributed by atoms with E-state index in [1.165, 1.54) is 18.5 Å². The molecule has 0 spiro atoms. The van der Waals surface area contributed by atoms with Gasteiger partial charge in [0.2, 0.25) is 0 Å². The van der Waals surface area contributed by atoms with Gasteiger partial charge in [-0.25, -0.2) is 9.49 Å². The van der Waals surface area contributed by atoms with Crippen molar-refractivity contribution >= 4 is 39.4 Å². The molecule has 19 heavy (non-hydrogen) atoms. The molecule has 0 aliphatic heterocycles. The molecule has 2 aromatic rings. The Morgan fingerprint density at radius 2 is 2.32 bits per heavy atom. The van der Waals surface area contributed by atoms with Gasteiger partial charge in [-0.15, -0.1) is 0 Å². The molecular weight excluding hydrogens is 339 g/mol. The van der Waals surface area contributed by atoms with Crippen molar-refractivity contribution in [1.82, 2.24) is 10.2 Å². The highest BCUT2D eigenvalue weighted by atomic mass is 79.9. The zero-order valence-corrected chi connectivity index (χ0v) is 11.7. The van der Waals surface area contributed by atoms with Gasteiger partial charge in [-0.05, 0) is 33.6 Å². The molecule has 0 radical (unpaired) electrons. The molecule has 0 aliphatic carbocycles. The number of benzene rings is 1. The number of hydrazone groups is 1. The Hall–Kier alpha value is -1.73. The van der Waals surface area contributed by atoms with Gasteiger partial charge < -0.3 is 0 Å². The molecule has 0 bridgehead atoms. The molecule has 98 valence electrons. The van der Waals surface area contributed by atoms with Crippen LogP contribution in [0, 0.1) is 5.82 Å². The van der Waals surface area contributed by atoms with E-state index in [4.69, 9.17) is 11.6 Å². The maximum absolute atomic E-state index is 13.0. The Labute approximate surface area is 120 Å². The van der Waals surface area contributed by atoms with Crippen molar-refractivity contribution in [1.29, 1.82) is 0 Å². The maximum Gasteiger partial charge on any atom is 0.285 e. The van der Waals surface area contributed by atoms with E-state index >= 15 is 0 Å². The lowest BCUT2D eigenvalue weighted by Crippen LogP contribution is -2.10. The van der Waals surface area contributed by atoms with Crippen LogP contribution < -0.4 is 11.0 Å². The molecule has 5 nitrogen and oxygen atoms in total. The summed E-state index contributed by atoms with van der Waals surface area (Å²) in [4.78, 5) is 11.2. The van der Waals surface area contributed by atoms with Crippen LogP contribution in [-0.2, 0) is 0 Å². The summed E-state index contributed by atoms with van der Waals surface area (Å²) in [7, 11) is 0. The van der Waals surface area contributed by atoms with Gasteiger partial charge in [-0.3, -0.25) is 10.2 Å². The molecule has 0 atom stereocenters. The fourth-order valence-electron chi connectivity index (χ4n) is 1.23. The van der Waals surface area contributed by atoms with Crippen molar-refractivity contribution in [2.24, 2.45) is 5.10 Å². The molecule has 0 unspecified atom stereocenters. The van der Waals surface area contributed by atoms with Crippen LogP contribution in [0.25, 0.3) is 0 Å². The van der Waals surface area contributed by atoms with E-state index < -0.39 is 5.56 Å². The van der Waals surface area contributed by atoms with Crippen molar-refractivity contribution < 1.29 is 4.39 Å². The Bertz CT molecular complexity index is 689. The number of rotatable bonds is 3. The van der Waals surface area contributed by atoms with Crippen LogP contribution in [0.3, 0.4) is 0 Å². The summed E-state index contributed by atoms with van der Waals surface area (Å²) in [6, 6.07) is 4.44. The minimum atomic E-state index is -0.508. The normalized spacial score (nSPS) is 10.9. The lowest BCUT2D eigenvalue weighted by molar-refractivity contribution is 0.621. The summed E-state index contributed by atoms with van der Waals surface area (Å²) in [6.45, 7) is 0. The van der Waals surface area contributed by atoms with Crippen LogP contribution in [0.5, 0.6) is 0 Å². The fraction of sp³-hybridized carbons (Fsp3) is 0. The van der Waals surface area contributed by atoms with Crippen LogP contribution in [0.1, 0.15) is 5.56 Å². The number of H-pyrrole nitrogens is 1. The van der Waals surface area contributed by atoms with E-state index in [9.17, 15) is 9.18 Å². The predicted octanol–water partition coefficient (Wildman–Crippen LogP) is 2.77. The highest BCUT2D eigenvalue weighted by Gasteiger charge is 2.03. The maximum atomic E-state index is 13.0. The zero-order chi connectivity index (χ0) is 13.8. The monoisotopic (exact) mass is 344 g/mol. The lowest BCUT2D eigenvalue weighted by atomic mass is 10.2. The third kappa shape index (κ3) is 3.39. The smallest absolute Gasteiger partial charge is 0.275 e. The van der Waals surface area contributed by atoms with E-state index in [0.29, 0.717) is 10.0 Å². The summed E-state index contributed by atoms with van der Waals surface area (Å²) >= 11 is 8.81. The molecule has 0 aliphatic rings. The first-order valence-corrected chi connectivity index (χ1v) is 6.22. The second-order valence-corrected chi connectivity index (χ2v) is 4.70. The molecule has 8 heteroatoms. The zero-order valence-electron chi connectivity index (χ0n) is 9.32. The molecule has 2 N–H and O–H groups in total. The van der Waals surface area contributed by atoms with Crippen LogP contribution in [-0.4, -0.2) is 16.4 Å². The third-order valence-corrected chi connectivity index (χ3v) is 3.12. The number of aromatic nitrogens is 2. The van der Waals surface area contributed by atoms with E-state index in [1.54, 1.807) is 12.1 Å². The Morgan fingerprint density at radius 3 is 3.05 bits per heavy atom. The van der Waals surface area contributed by atoms with Gasteiger partial charge in [-0.2, -0.15) is 10.2 Å². The van der Waals surface area contributed by atoms with Gasteiger partial charge in [0.1, 0.15) is 16.5 Å². The topological polar surface area (TPSA) is 70.1 Å². The SMILES string of the molecule is O=c1[nH]ncc(N/N=C\c2ccc(F)c(Br)c2)c1Cl. The second-order valence-electron chi connectivity index (χ2n) is 3.47.